The number of nitrogens with zero attached hydrogens (tertiary/aromatic N) is 2. The summed E-state index contributed by atoms with van der Waals surface area (Å²) in [6, 6.07) is 11.6. The minimum Gasteiger partial charge on any atom is -0.496 e. The molecule has 0 bridgehead atoms. The molecule has 0 saturated heterocycles. The highest BCUT2D eigenvalue weighted by atomic mass is 32.2. The average Bonchev–Trinajstić information content (AvgIpc) is 3.17. The van der Waals surface area contributed by atoms with Crippen LogP contribution < -0.4 is 14.8 Å². The third kappa shape index (κ3) is 5.31. The molecule has 31 heavy (non-hydrogen) atoms. The number of carbonyl (C=O) groups excluding carboxylic acids is 1. The molecule has 0 saturated carbocycles. The van der Waals surface area contributed by atoms with Crippen LogP contribution in [0.1, 0.15) is 35.6 Å². The third-order valence-corrected chi connectivity index (χ3v) is 6.05. The molecule has 3 aromatic rings. The number of carbonyl (C=O) groups is 1. The Hall–Kier alpha value is -3.17. The Labute approximate surface area is 182 Å². The molecule has 9 heteroatoms. The van der Waals surface area contributed by atoms with Gasteiger partial charge in [0.15, 0.2) is 0 Å². The minimum absolute atomic E-state index is 0.00661. The summed E-state index contributed by atoms with van der Waals surface area (Å²) in [7, 11) is -2.40. The fraction of sp³-hybridized carbons (Fsp3) is 0.273. The van der Waals surface area contributed by atoms with Crippen molar-refractivity contribution in [2.24, 2.45) is 0 Å². The highest BCUT2D eigenvalue weighted by Crippen LogP contribution is 2.23. The van der Waals surface area contributed by atoms with E-state index in [1.165, 1.54) is 25.3 Å². The van der Waals surface area contributed by atoms with Crippen LogP contribution in [0, 0.1) is 6.92 Å². The molecule has 0 aliphatic rings. The van der Waals surface area contributed by atoms with Crippen molar-refractivity contribution in [1.82, 2.24) is 19.6 Å². The first kappa shape index (κ1) is 22.5. The van der Waals surface area contributed by atoms with Crippen LogP contribution in [0.3, 0.4) is 0 Å². The summed E-state index contributed by atoms with van der Waals surface area (Å²) < 4.78 is 35.3. The minimum atomic E-state index is -3.83. The van der Waals surface area contributed by atoms with Gasteiger partial charge < -0.3 is 14.6 Å². The first-order chi connectivity index (χ1) is 14.7. The smallest absolute Gasteiger partial charge is 0.255 e. The van der Waals surface area contributed by atoms with Gasteiger partial charge in [-0.15, -0.1) is 0 Å². The number of aryl methyl sites for hydroxylation is 1. The van der Waals surface area contributed by atoms with Crippen molar-refractivity contribution in [3.63, 3.8) is 0 Å². The van der Waals surface area contributed by atoms with Gasteiger partial charge in [-0.05, 0) is 56.7 Å². The van der Waals surface area contributed by atoms with Crippen molar-refractivity contribution in [3.8, 4) is 11.4 Å². The molecule has 0 radical (unpaired) electrons. The SMILES string of the molecule is COc1ccc(S(=O)(=O)NCc2ccc(-n3ccnc3C)cc2)cc1C(=O)NC(C)C. The molecule has 0 atom stereocenters. The van der Waals surface area contributed by atoms with Gasteiger partial charge in [0.05, 0.1) is 17.6 Å². The summed E-state index contributed by atoms with van der Waals surface area (Å²) in [5, 5.41) is 2.75. The highest BCUT2D eigenvalue weighted by Gasteiger charge is 2.20. The first-order valence-electron chi connectivity index (χ1n) is 9.79. The number of amides is 1. The molecule has 2 N–H and O–H groups in total. The number of benzene rings is 2. The molecule has 8 nitrogen and oxygen atoms in total. The number of nitrogens with one attached hydrogen (secondary N) is 2. The Morgan fingerprint density at radius 2 is 1.87 bits per heavy atom. The average molecular weight is 443 g/mol. The lowest BCUT2D eigenvalue weighted by molar-refractivity contribution is 0.0940. The monoisotopic (exact) mass is 442 g/mol. The van der Waals surface area contributed by atoms with E-state index in [0.717, 1.165) is 17.1 Å². The second-order valence-electron chi connectivity index (χ2n) is 7.33. The summed E-state index contributed by atoms with van der Waals surface area (Å²) in [5.74, 6) is 0.780. The van der Waals surface area contributed by atoms with Crippen LogP contribution in [0.2, 0.25) is 0 Å². The fourth-order valence-corrected chi connectivity index (χ4v) is 4.10. The van der Waals surface area contributed by atoms with E-state index in [0.29, 0.717) is 5.75 Å². The zero-order valence-corrected chi connectivity index (χ0v) is 18.7. The first-order valence-corrected chi connectivity index (χ1v) is 11.3. The number of hydrogen-bond acceptors (Lipinski definition) is 5. The molecule has 1 amide bonds. The normalized spacial score (nSPS) is 11.5. The molecule has 1 aromatic heterocycles. The van der Waals surface area contributed by atoms with Gasteiger partial charge in [-0.1, -0.05) is 12.1 Å². The molecule has 2 aromatic carbocycles. The van der Waals surface area contributed by atoms with Crippen LogP contribution in [0.5, 0.6) is 5.75 Å². The summed E-state index contributed by atoms with van der Waals surface area (Å²) >= 11 is 0. The van der Waals surface area contributed by atoms with Gasteiger partial charge in [0.1, 0.15) is 11.6 Å². The number of imidazole rings is 1. The van der Waals surface area contributed by atoms with E-state index < -0.39 is 15.9 Å². The molecule has 0 aliphatic heterocycles. The Morgan fingerprint density at radius 3 is 2.45 bits per heavy atom. The van der Waals surface area contributed by atoms with Crippen LogP contribution in [0.25, 0.3) is 5.69 Å². The van der Waals surface area contributed by atoms with Gasteiger partial charge in [-0.2, -0.15) is 0 Å². The quantitative estimate of drug-likeness (QED) is 0.559. The van der Waals surface area contributed by atoms with Gasteiger partial charge in [0.25, 0.3) is 5.91 Å². The van der Waals surface area contributed by atoms with Crippen molar-refractivity contribution in [3.05, 3.63) is 71.8 Å². The number of ether oxygens (including phenoxy) is 1. The van der Waals surface area contributed by atoms with Gasteiger partial charge in [-0.3, -0.25) is 4.79 Å². The van der Waals surface area contributed by atoms with E-state index in [2.05, 4.69) is 15.0 Å². The summed E-state index contributed by atoms with van der Waals surface area (Å²) in [5.41, 5.74) is 1.91. The van der Waals surface area contributed by atoms with Crippen molar-refractivity contribution in [2.45, 2.75) is 38.3 Å². The van der Waals surface area contributed by atoms with Gasteiger partial charge >= 0.3 is 0 Å². The van der Waals surface area contributed by atoms with E-state index in [4.69, 9.17) is 4.74 Å². The molecule has 0 unspecified atom stereocenters. The predicted octanol–water partition coefficient (Wildman–Crippen LogP) is 2.81. The van der Waals surface area contributed by atoms with Crippen molar-refractivity contribution < 1.29 is 17.9 Å². The summed E-state index contributed by atoms with van der Waals surface area (Å²) in [4.78, 5) is 16.6. The molecule has 0 spiro atoms. The molecule has 3 rings (SSSR count). The Morgan fingerprint density at radius 1 is 1.16 bits per heavy atom. The Balaban J connectivity index is 1.76. The standard InChI is InChI=1S/C22H26N4O4S/c1-15(2)25-22(27)20-13-19(9-10-21(20)30-4)31(28,29)24-14-17-5-7-18(8-6-17)26-12-11-23-16(26)3/h5-13,15,24H,14H2,1-4H3,(H,25,27). The van der Waals surface area contributed by atoms with Crippen LogP contribution in [-0.2, 0) is 16.6 Å². The zero-order chi connectivity index (χ0) is 22.6. The van der Waals surface area contributed by atoms with Crippen LogP contribution in [0.15, 0.2) is 59.8 Å². The number of sulfonamides is 1. The summed E-state index contributed by atoms with van der Waals surface area (Å²) in [6.07, 6.45) is 3.59. The van der Waals surface area contributed by atoms with Gasteiger partial charge in [0.2, 0.25) is 10.0 Å². The predicted molar refractivity (Wildman–Crippen MR) is 118 cm³/mol. The number of methoxy groups -OCH3 is 1. The maximum Gasteiger partial charge on any atom is 0.255 e. The Bertz CT molecular complexity index is 1170. The van der Waals surface area contributed by atoms with Crippen LogP contribution >= 0.6 is 0 Å². The second kappa shape index (κ2) is 9.32. The van der Waals surface area contributed by atoms with E-state index in [1.54, 1.807) is 6.20 Å². The molecule has 1 heterocycles. The van der Waals surface area contributed by atoms with Gasteiger partial charge in [0, 0.05) is 30.7 Å². The number of hydrogen-bond donors (Lipinski definition) is 2. The molecular formula is C22H26N4O4S. The van der Waals surface area contributed by atoms with E-state index >= 15 is 0 Å². The van der Waals surface area contributed by atoms with E-state index in [-0.39, 0.29) is 23.0 Å². The number of aromatic nitrogens is 2. The second-order valence-corrected chi connectivity index (χ2v) is 9.09. The largest absolute Gasteiger partial charge is 0.496 e. The van der Waals surface area contributed by atoms with E-state index in [9.17, 15) is 13.2 Å². The fourth-order valence-electron chi connectivity index (χ4n) is 3.06. The Kier molecular flexibility index (Phi) is 6.77. The molecule has 0 aliphatic carbocycles. The van der Waals surface area contributed by atoms with Crippen LogP contribution in [0.4, 0.5) is 0 Å². The number of rotatable bonds is 8. The highest BCUT2D eigenvalue weighted by molar-refractivity contribution is 7.89. The third-order valence-electron chi connectivity index (χ3n) is 4.65. The topological polar surface area (TPSA) is 102 Å². The zero-order valence-electron chi connectivity index (χ0n) is 17.9. The lowest BCUT2D eigenvalue weighted by atomic mass is 10.2. The molecular weight excluding hydrogens is 416 g/mol. The lowest BCUT2D eigenvalue weighted by Gasteiger charge is -2.14. The van der Waals surface area contributed by atoms with Crippen molar-refractivity contribution in [2.75, 3.05) is 7.11 Å². The van der Waals surface area contributed by atoms with Crippen LogP contribution in [-0.4, -0.2) is 37.0 Å². The van der Waals surface area contributed by atoms with E-state index in [1.807, 2.05) is 55.8 Å². The lowest BCUT2D eigenvalue weighted by Crippen LogP contribution is -2.31. The maximum absolute atomic E-state index is 12.8. The van der Waals surface area contributed by atoms with Gasteiger partial charge in [-0.25, -0.2) is 18.1 Å². The molecule has 164 valence electrons. The summed E-state index contributed by atoms with van der Waals surface area (Å²) in [6.45, 7) is 5.68. The van der Waals surface area contributed by atoms with Crippen molar-refractivity contribution in [1.29, 1.82) is 0 Å². The van der Waals surface area contributed by atoms with Crippen molar-refractivity contribution >= 4 is 15.9 Å². The maximum atomic E-state index is 12.8. The molecule has 0 fully saturated rings.